The number of amides is 1. The van der Waals surface area contributed by atoms with Crippen molar-refractivity contribution in [3.05, 3.63) is 28.7 Å². The molecule has 1 atom stereocenters. The van der Waals surface area contributed by atoms with Crippen molar-refractivity contribution in [2.24, 2.45) is 0 Å². The van der Waals surface area contributed by atoms with Gasteiger partial charge in [-0.15, -0.1) is 0 Å². The number of benzene rings is 1. The number of carbonyl (C=O) groups excluding carboxylic acids is 1. The van der Waals surface area contributed by atoms with Gasteiger partial charge in [0.15, 0.2) is 0 Å². The molecule has 2 saturated heterocycles. The zero-order chi connectivity index (χ0) is 16.4. The summed E-state index contributed by atoms with van der Waals surface area (Å²) < 4.78 is 33.1. The molecule has 1 aromatic carbocycles. The van der Waals surface area contributed by atoms with Gasteiger partial charge in [-0.25, -0.2) is 8.42 Å². The highest BCUT2D eigenvalue weighted by atomic mass is 79.9. The van der Waals surface area contributed by atoms with Crippen molar-refractivity contribution in [2.75, 3.05) is 32.8 Å². The minimum absolute atomic E-state index is 0.105. The number of nitrogens with zero attached hydrogens (tertiary/aromatic N) is 2. The summed E-state index contributed by atoms with van der Waals surface area (Å²) in [6.45, 7) is 2.47. The van der Waals surface area contributed by atoms with Crippen LogP contribution in [0.25, 0.3) is 0 Å². The van der Waals surface area contributed by atoms with E-state index < -0.39 is 16.1 Å². The summed E-state index contributed by atoms with van der Waals surface area (Å²) in [5, 5.41) is 0. The maximum Gasteiger partial charge on any atom is 0.243 e. The Hall–Kier alpha value is -0.960. The summed E-state index contributed by atoms with van der Waals surface area (Å²) in [7, 11) is -3.65. The maximum absolute atomic E-state index is 12.9. The molecule has 23 heavy (non-hydrogen) atoms. The molecule has 0 bridgehead atoms. The molecule has 0 saturated carbocycles. The Labute approximate surface area is 144 Å². The molecule has 0 aliphatic carbocycles. The van der Waals surface area contributed by atoms with Gasteiger partial charge in [0, 0.05) is 24.1 Å². The molecule has 0 spiro atoms. The van der Waals surface area contributed by atoms with E-state index >= 15 is 0 Å². The fourth-order valence-electron chi connectivity index (χ4n) is 3.01. The molecule has 1 aromatic rings. The van der Waals surface area contributed by atoms with Gasteiger partial charge in [-0.1, -0.05) is 15.9 Å². The molecule has 8 heteroatoms. The third-order valence-electron chi connectivity index (χ3n) is 4.23. The van der Waals surface area contributed by atoms with Gasteiger partial charge in [0.25, 0.3) is 0 Å². The second-order valence-corrected chi connectivity index (χ2v) is 8.47. The highest BCUT2D eigenvalue weighted by molar-refractivity contribution is 9.10. The fraction of sp³-hybridized carbons (Fsp3) is 0.533. The predicted octanol–water partition coefficient (Wildman–Crippen LogP) is 1.46. The highest BCUT2D eigenvalue weighted by Crippen LogP contribution is 2.28. The smallest absolute Gasteiger partial charge is 0.243 e. The van der Waals surface area contributed by atoms with Gasteiger partial charge in [-0.05, 0) is 37.1 Å². The summed E-state index contributed by atoms with van der Waals surface area (Å²) in [6, 6.07) is 5.92. The zero-order valence-corrected chi connectivity index (χ0v) is 15.1. The average molecular weight is 403 g/mol. The quantitative estimate of drug-likeness (QED) is 0.767. The number of rotatable bonds is 3. The van der Waals surface area contributed by atoms with E-state index in [0.717, 1.165) is 4.47 Å². The van der Waals surface area contributed by atoms with Crippen LogP contribution in [-0.4, -0.2) is 62.4 Å². The molecule has 2 aliphatic rings. The molecule has 126 valence electrons. The monoisotopic (exact) mass is 402 g/mol. The standard InChI is InChI=1S/C15H19BrN2O4S/c16-12-3-5-13(6-4-12)23(20,21)18-7-1-2-14(18)15(19)17-8-10-22-11-9-17/h3-6,14H,1-2,7-11H2/t14-/m1/s1. The van der Waals surface area contributed by atoms with Crippen LogP contribution in [0, 0.1) is 0 Å². The van der Waals surface area contributed by atoms with Crippen molar-refractivity contribution in [1.82, 2.24) is 9.21 Å². The topological polar surface area (TPSA) is 66.9 Å². The second-order valence-electron chi connectivity index (χ2n) is 5.67. The van der Waals surface area contributed by atoms with Crippen molar-refractivity contribution >= 4 is 31.9 Å². The average Bonchev–Trinajstić information content (AvgIpc) is 3.06. The van der Waals surface area contributed by atoms with Crippen LogP contribution < -0.4 is 0 Å². The van der Waals surface area contributed by atoms with Crippen LogP contribution in [0.3, 0.4) is 0 Å². The van der Waals surface area contributed by atoms with E-state index in [-0.39, 0.29) is 10.8 Å². The molecule has 6 nitrogen and oxygen atoms in total. The lowest BCUT2D eigenvalue weighted by Crippen LogP contribution is -2.50. The lowest BCUT2D eigenvalue weighted by atomic mass is 10.2. The molecule has 2 heterocycles. The summed E-state index contributed by atoms with van der Waals surface area (Å²) in [4.78, 5) is 14.6. The van der Waals surface area contributed by atoms with Crippen molar-refractivity contribution in [3.63, 3.8) is 0 Å². The van der Waals surface area contributed by atoms with E-state index in [1.807, 2.05) is 0 Å². The lowest BCUT2D eigenvalue weighted by Gasteiger charge is -2.32. The van der Waals surface area contributed by atoms with Gasteiger partial charge < -0.3 is 9.64 Å². The molecule has 1 amide bonds. The Bertz CT molecular complexity index is 671. The number of carbonyl (C=O) groups is 1. The van der Waals surface area contributed by atoms with Gasteiger partial charge in [0.05, 0.1) is 18.1 Å². The SMILES string of the molecule is O=C([C@H]1CCCN1S(=O)(=O)c1ccc(Br)cc1)N1CCOCC1. The number of hydrogen-bond acceptors (Lipinski definition) is 4. The largest absolute Gasteiger partial charge is 0.378 e. The summed E-state index contributed by atoms with van der Waals surface area (Å²) in [6.07, 6.45) is 1.28. The van der Waals surface area contributed by atoms with Crippen molar-refractivity contribution in [3.8, 4) is 0 Å². The zero-order valence-electron chi connectivity index (χ0n) is 12.7. The van der Waals surface area contributed by atoms with E-state index in [9.17, 15) is 13.2 Å². The predicted molar refractivity (Wildman–Crippen MR) is 88.5 cm³/mol. The van der Waals surface area contributed by atoms with E-state index in [1.54, 1.807) is 29.2 Å². The Morgan fingerprint density at radius 2 is 1.78 bits per heavy atom. The first-order chi connectivity index (χ1) is 11.0. The molecule has 0 N–H and O–H groups in total. The number of hydrogen-bond donors (Lipinski definition) is 0. The summed E-state index contributed by atoms with van der Waals surface area (Å²) in [5.41, 5.74) is 0. The Morgan fingerprint density at radius 1 is 1.13 bits per heavy atom. The molecule has 2 aliphatic heterocycles. The van der Waals surface area contributed by atoms with Crippen LogP contribution in [0.2, 0.25) is 0 Å². The van der Waals surface area contributed by atoms with Crippen LogP contribution in [0.15, 0.2) is 33.6 Å². The molecule has 2 fully saturated rings. The summed E-state index contributed by atoms with van der Waals surface area (Å²) in [5.74, 6) is -0.105. The van der Waals surface area contributed by atoms with Gasteiger partial charge in [0.1, 0.15) is 6.04 Å². The molecule has 0 unspecified atom stereocenters. The number of morpholine rings is 1. The highest BCUT2D eigenvalue weighted by Gasteiger charge is 2.41. The maximum atomic E-state index is 12.9. The van der Waals surface area contributed by atoms with E-state index in [1.165, 1.54) is 4.31 Å². The first-order valence-corrected chi connectivity index (χ1v) is 9.87. The van der Waals surface area contributed by atoms with Gasteiger partial charge in [0.2, 0.25) is 15.9 Å². The normalized spacial score (nSPS) is 23.2. The third-order valence-corrected chi connectivity index (χ3v) is 6.68. The van der Waals surface area contributed by atoms with Crippen LogP contribution in [0.1, 0.15) is 12.8 Å². The van der Waals surface area contributed by atoms with E-state index in [2.05, 4.69) is 15.9 Å². The molecular weight excluding hydrogens is 384 g/mol. The number of ether oxygens (including phenoxy) is 1. The molecule has 3 rings (SSSR count). The van der Waals surface area contributed by atoms with E-state index in [0.29, 0.717) is 45.7 Å². The molecular formula is C15H19BrN2O4S. The minimum atomic E-state index is -3.65. The van der Waals surface area contributed by atoms with Crippen LogP contribution in [0.5, 0.6) is 0 Å². The Balaban J connectivity index is 1.82. The number of halogens is 1. The minimum Gasteiger partial charge on any atom is -0.378 e. The van der Waals surface area contributed by atoms with Gasteiger partial charge in [-0.3, -0.25) is 4.79 Å². The van der Waals surface area contributed by atoms with Gasteiger partial charge in [-0.2, -0.15) is 4.31 Å². The first kappa shape index (κ1) is 16.9. The number of sulfonamides is 1. The van der Waals surface area contributed by atoms with Crippen LogP contribution in [-0.2, 0) is 19.6 Å². The van der Waals surface area contributed by atoms with Crippen molar-refractivity contribution in [2.45, 2.75) is 23.8 Å². The summed E-state index contributed by atoms with van der Waals surface area (Å²) >= 11 is 3.30. The lowest BCUT2D eigenvalue weighted by molar-refractivity contribution is -0.138. The van der Waals surface area contributed by atoms with Crippen molar-refractivity contribution < 1.29 is 17.9 Å². The molecule has 0 radical (unpaired) electrons. The van der Waals surface area contributed by atoms with Gasteiger partial charge >= 0.3 is 0 Å². The second kappa shape index (κ2) is 6.88. The van der Waals surface area contributed by atoms with Crippen molar-refractivity contribution in [1.29, 1.82) is 0 Å². The fourth-order valence-corrected chi connectivity index (χ4v) is 4.93. The van der Waals surface area contributed by atoms with Crippen LogP contribution >= 0.6 is 15.9 Å². The third kappa shape index (κ3) is 3.45. The Kier molecular flexibility index (Phi) is 5.05. The van der Waals surface area contributed by atoms with Crippen LogP contribution in [0.4, 0.5) is 0 Å². The molecule has 0 aromatic heterocycles. The first-order valence-electron chi connectivity index (χ1n) is 7.64. The Morgan fingerprint density at radius 3 is 2.43 bits per heavy atom. The van der Waals surface area contributed by atoms with E-state index in [4.69, 9.17) is 4.74 Å².